The van der Waals surface area contributed by atoms with Gasteiger partial charge >= 0.3 is 0 Å². The quantitative estimate of drug-likeness (QED) is 0.915. The second-order valence-electron chi connectivity index (χ2n) is 6.02. The van der Waals surface area contributed by atoms with Crippen molar-refractivity contribution in [3.63, 3.8) is 0 Å². The Balaban J connectivity index is 1.53. The fourth-order valence-electron chi connectivity index (χ4n) is 3.05. The van der Waals surface area contributed by atoms with Crippen LogP contribution in [0.5, 0.6) is 0 Å². The highest BCUT2D eigenvalue weighted by atomic mass is 16.5. The molecule has 1 aromatic carbocycles. The summed E-state index contributed by atoms with van der Waals surface area (Å²) in [5.41, 5.74) is 1.21. The third kappa shape index (κ3) is 3.91. The van der Waals surface area contributed by atoms with Gasteiger partial charge in [-0.05, 0) is 24.3 Å². The molecule has 0 amide bonds. The topological polar surface area (TPSA) is 51.0 Å². The van der Waals surface area contributed by atoms with Crippen LogP contribution in [0, 0.1) is 5.92 Å². The van der Waals surface area contributed by atoms with Gasteiger partial charge in [0.2, 0.25) is 5.89 Å². The zero-order chi connectivity index (χ0) is 14.5. The fraction of sp³-hybridized carbons (Fsp3) is 0.529. The third-order valence-electron chi connectivity index (χ3n) is 4.34. The molecule has 1 N–H and O–H groups in total. The average molecular weight is 285 g/mol. The zero-order valence-electron chi connectivity index (χ0n) is 12.6. The van der Waals surface area contributed by atoms with Gasteiger partial charge in [-0.15, -0.1) is 0 Å². The maximum absolute atomic E-state index is 5.34. The Bertz CT molecular complexity index is 552. The molecule has 0 spiro atoms. The van der Waals surface area contributed by atoms with Gasteiger partial charge in [-0.3, -0.25) is 0 Å². The van der Waals surface area contributed by atoms with E-state index < -0.39 is 0 Å². The van der Waals surface area contributed by atoms with Crippen molar-refractivity contribution in [2.24, 2.45) is 5.92 Å². The molecule has 0 aliphatic heterocycles. The lowest BCUT2D eigenvalue weighted by molar-refractivity contribution is 0.265. The minimum absolute atomic E-state index is 0.586. The Kier molecular flexibility index (Phi) is 4.65. The Morgan fingerprint density at radius 2 is 2.00 bits per heavy atom. The Labute approximate surface area is 126 Å². The van der Waals surface area contributed by atoms with Crippen LogP contribution in [0.2, 0.25) is 0 Å². The minimum atomic E-state index is 0.586. The van der Waals surface area contributed by atoms with Gasteiger partial charge in [-0.2, -0.15) is 4.98 Å². The molecule has 4 heteroatoms. The van der Waals surface area contributed by atoms with Crippen LogP contribution in [0.25, 0.3) is 0 Å². The molecule has 1 heterocycles. The Morgan fingerprint density at radius 3 is 2.81 bits per heavy atom. The summed E-state index contributed by atoms with van der Waals surface area (Å²) in [7, 11) is 0. The summed E-state index contributed by atoms with van der Waals surface area (Å²) in [6.45, 7) is 3.00. The van der Waals surface area contributed by atoms with E-state index >= 15 is 0 Å². The lowest BCUT2D eigenvalue weighted by atomic mass is 9.86. The number of aromatic nitrogens is 2. The second kappa shape index (κ2) is 6.85. The zero-order valence-corrected chi connectivity index (χ0v) is 12.6. The SMILES string of the molecule is CC1CCCCC1NCc1nc(Cc2ccccc2)no1. The number of rotatable bonds is 5. The lowest BCUT2D eigenvalue weighted by Crippen LogP contribution is -2.36. The van der Waals surface area contributed by atoms with Crippen LogP contribution in [0.15, 0.2) is 34.9 Å². The molecular weight excluding hydrogens is 262 g/mol. The van der Waals surface area contributed by atoms with Crippen LogP contribution in [0.4, 0.5) is 0 Å². The van der Waals surface area contributed by atoms with E-state index in [9.17, 15) is 0 Å². The van der Waals surface area contributed by atoms with Crippen molar-refractivity contribution in [2.75, 3.05) is 0 Å². The summed E-state index contributed by atoms with van der Waals surface area (Å²) in [4.78, 5) is 4.47. The molecule has 0 radical (unpaired) electrons. The molecule has 1 aromatic heterocycles. The van der Waals surface area contributed by atoms with Crippen LogP contribution in [0.3, 0.4) is 0 Å². The molecule has 1 saturated carbocycles. The van der Waals surface area contributed by atoms with Crippen molar-refractivity contribution in [1.29, 1.82) is 0 Å². The van der Waals surface area contributed by atoms with E-state index in [4.69, 9.17) is 4.52 Å². The van der Waals surface area contributed by atoms with E-state index in [1.807, 2.05) is 18.2 Å². The molecule has 1 fully saturated rings. The predicted molar refractivity (Wildman–Crippen MR) is 81.8 cm³/mol. The van der Waals surface area contributed by atoms with Gasteiger partial charge in [-0.25, -0.2) is 0 Å². The molecule has 2 aromatic rings. The fourth-order valence-corrected chi connectivity index (χ4v) is 3.05. The Morgan fingerprint density at radius 1 is 1.19 bits per heavy atom. The predicted octanol–water partition coefficient (Wildman–Crippen LogP) is 3.33. The molecule has 112 valence electrons. The number of nitrogens with one attached hydrogen (secondary N) is 1. The Hall–Kier alpha value is -1.68. The van der Waals surface area contributed by atoms with Gasteiger partial charge in [-0.1, -0.05) is 55.3 Å². The molecule has 21 heavy (non-hydrogen) atoms. The van der Waals surface area contributed by atoms with Crippen LogP contribution < -0.4 is 5.32 Å². The van der Waals surface area contributed by atoms with Crippen molar-refractivity contribution >= 4 is 0 Å². The highest BCUT2D eigenvalue weighted by Gasteiger charge is 2.21. The second-order valence-corrected chi connectivity index (χ2v) is 6.02. The number of hydrogen-bond donors (Lipinski definition) is 1. The normalized spacial score (nSPS) is 22.3. The van der Waals surface area contributed by atoms with Gasteiger partial charge < -0.3 is 9.84 Å². The molecule has 2 unspecified atom stereocenters. The van der Waals surface area contributed by atoms with Crippen molar-refractivity contribution in [3.8, 4) is 0 Å². The summed E-state index contributed by atoms with van der Waals surface area (Å²) in [5, 5.41) is 7.64. The van der Waals surface area contributed by atoms with Gasteiger partial charge in [0.15, 0.2) is 5.82 Å². The van der Waals surface area contributed by atoms with E-state index in [0.29, 0.717) is 18.5 Å². The first-order valence-electron chi connectivity index (χ1n) is 7.90. The average Bonchev–Trinajstić information content (AvgIpc) is 2.95. The highest BCUT2D eigenvalue weighted by molar-refractivity contribution is 5.18. The van der Waals surface area contributed by atoms with E-state index in [-0.39, 0.29) is 0 Å². The summed E-state index contributed by atoms with van der Waals surface area (Å²) >= 11 is 0. The minimum Gasteiger partial charge on any atom is -0.338 e. The number of nitrogens with zero attached hydrogens (tertiary/aromatic N) is 2. The standard InChI is InChI=1S/C17H23N3O/c1-13-7-5-6-10-15(13)18-12-17-19-16(20-21-17)11-14-8-3-2-4-9-14/h2-4,8-9,13,15,18H,5-7,10-12H2,1H3. The van der Waals surface area contributed by atoms with E-state index in [2.05, 4.69) is 34.5 Å². The molecule has 1 aliphatic rings. The maximum Gasteiger partial charge on any atom is 0.240 e. The summed E-state index contributed by atoms with van der Waals surface area (Å²) in [6, 6.07) is 10.8. The van der Waals surface area contributed by atoms with E-state index in [1.54, 1.807) is 0 Å². The van der Waals surface area contributed by atoms with Gasteiger partial charge in [0.1, 0.15) is 0 Å². The van der Waals surface area contributed by atoms with Crippen molar-refractivity contribution < 1.29 is 4.52 Å². The molecule has 1 aliphatic carbocycles. The first-order valence-corrected chi connectivity index (χ1v) is 7.90. The summed E-state index contributed by atoms with van der Waals surface area (Å²) in [6.07, 6.45) is 5.99. The number of benzene rings is 1. The summed E-state index contributed by atoms with van der Waals surface area (Å²) < 4.78 is 5.34. The number of hydrogen-bond acceptors (Lipinski definition) is 4. The van der Waals surface area contributed by atoms with Crippen molar-refractivity contribution in [3.05, 3.63) is 47.6 Å². The molecule has 0 saturated heterocycles. The molecule has 4 nitrogen and oxygen atoms in total. The monoisotopic (exact) mass is 285 g/mol. The largest absolute Gasteiger partial charge is 0.338 e. The van der Waals surface area contributed by atoms with Crippen LogP contribution in [0.1, 0.15) is 49.9 Å². The maximum atomic E-state index is 5.34. The van der Waals surface area contributed by atoms with Crippen molar-refractivity contribution in [1.82, 2.24) is 15.5 Å². The first kappa shape index (κ1) is 14.3. The van der Waals surface area contributed by atoms with E-state index in [1.165, 1.54) is 31.2 Å². The highest BCUT2D eigenvalue weighted by Crippen LogP contribution is 2.23. The summed E-state index contributed by atoms with van der Waals surface area (Å²) in [5.74, 6) is 2.19. The van der Waals surface area contributed by atoms with Crippen LogP contribution >= 0.6 is 0 Å². The van der Waals surface area contributed by atoms with E-state index in [0.717, 1.165) is 18.2 Å². The van der Waals surface area contributed by atoms with Crippen LogP contribution in [-0.4, -0.2) is 16.2 Å². The van der Waals surface area contributed by atoms with Gasteiger partial charge in [0, 0.05) is 12.5 Å². The van der Waals surface area contributed by atoms with Crippen LogP contribution in [-0.2, 0) is 13.0 Å². The lowest BCUT2D eigenvalue weighted by Gasteiger charge is -2.29. The third-order valence-corrected chi connectivity index (χ3v) is 4.34. The smallest absolute Gasteiger partial charge is 0.240 e. The molecule has 2 atom stereocenters. The van der Waals surface area contributed by atoms with Gasteiger partial charge in [0.05, 0.1) is 6.54 Å². The van der Waals surface area contributed by atoms with Crippen molar-refractivity contribution in [2.45, 2.75) is 51.6 Å². The first-order chi connectivity index (χ1) is 10.3. The molecule has 3 rings (SSSR count). The molecule has 0 bridgehead atoms. The molecular formula is C17H23N3O. The van der Waals surface area contributed by atoms with Gasteiger partial charge in [0.25, 0.3) is 0 Å².